The van der Waals surface area contributed by atoms with Crippen LogP contribution in [0.2, 0.25) is 0 Å². The summed E-state index contributed by atoms with van der Waals surface area (Å²) in [6.07, 6.45) is -0.221. The van der Waals surface area contributed by atoms with Crippen LogP contribution in [0.25, 0.3) is 0 Å². The Morgan fingerprint density at radius 3 is 1.76 bits per heavy atom. The minimum Gasteiger partial charge on any atom is -0.294 e. The van der Waals surface area contributed by atoms with Crippen molar-refractivity contribution in [3.63, 3.8) is 0 Å². The molecule has 0 fully saturated rings. The molecule has 0 atom stereocenters. The predicted molar refractivity (Wildman–Crippen MR) is 65.3 cm³/mol. The monoisotopic (exact) mass is 300 g/mol. The number of halogens is 5. The Bertz CT molecular complexity index is 653. The van der Waals surface area contributed by atoms with E-state index in [-0.39, 0.29) is 12.8 Å². The van der Waals surface area contributed by atoms with Crippen molar-refractivity contribution in [2.24, 2.45) is 0 Å². The summed E-state index contributed by atoms with van der Waals surface area (Å²) in [4.78, 5) is 11.7. The molecule has 0 unspecified atom stereocenters. The molecule has 0 N–H and O–H groups in total. The lowest BCUT2D eigenvalue weighted by Crippen LogP contribution is -2.13. The van der Waals surface area contributed by atoms with Gasteiger partial charge in [0.05, 0.1) is 5.56 Å². The SMILES string of the molecule is O=C(CCc1ccccc1)c1c(F)c(F)c(F)c(F)c1F. The van der Waals surface area contributed by atoms with Crippen LogP contribution in [0.1, 0.15) is 22.3 Å². The van der Waals surface area contributed by atoms with Crippen LogP contribution in [0.4, 0.5) is 22.0 Å². The number of carbonyl (C=O) groups excluding carboxylic acids is 1. The fourth-order valence-corrected chi connectivity index (χ4v) is 1.88. The molecule has 0 amide bonds. The zero-order valence-electron chi connectivity index (χ0n) is 10.6. The number of aryl methyl sites for hydroxylation is 1. The number of benzene rings is 2. The Balaban J connectivity index is 2.28. The van der Waals surface area contributed by atoms with Gasteiger partial charge in [-0.25, -0.2) is 22.0 Å². The van der Waals surface area contributed by atoms with Crippen molar-refractivity contribution in [1.82, 2.24) is 0 Å². The van der Waals surface area contributed by atoms with Crippen molar-refractivity contribution < 1.29 is 26.7 Å². The van der Waals surface area contributed by atoms with E-state index in [1.54, 1.807) is 30.3 Å². The molecule has 0 bridgehead atoms. The van der Waals surface area contributed by atoms with Crippen LogP contribution in [0.5, 0.6) is 0 Å². The maximum absolute atomic E-state index is 13.4. The molecule has 6 heteroatoms. The maximum Gasteiger partial charge on any atom is 0.200 e. The van der Waals surface area contributed by atoms with Gasteiger partial charge in [-0.15, -0.1) is 0 Å². The minimum atomic E-state index is -2.27. The van der Waals surface area contributed by atoms with Gasteiger partial charge in [0, 0.05) is 6.42 Å². The lowest BCUT2D eigenvalue weighted by molar-refractivity contribution is 0.0971. The number of rotatable bonds is 4. The zero-order chi connectivity index (χ0) is 15.6. The Hall–Kier alpha value is -2.24. The van der Waals surface area contributed by atoms with Gasteiger partial charge in [0.2, 0.25) is 5.82 Å². The average molecular weight is 300 g/mol. The number of carbonyl (C=O) groups is 1. The van der Waals surface area contributed by atoms with Gasteiger partial charge in [-0.3, -0.25) is 4.79 Å². The zero-order valence-corrected chi connectivity index (χ0v) is 10.6. The molecule has 0 aromatic heterocycles. The minimum absolute atomic E-state index is 0.138. The van der Waals surface area contributed by atoms with Gasteiger partial charge >= 0.3 is 0 Å². The van der Waals surface area contributed by atoms with E-state index >= 15 is 0 Å². The first-order valence-electron chi connectivity index (χ1n) is 6.02. The summed E-state index contributed by atoms with van der Waals surface area (Å²) in [6, 6.07) is 8.53. The van der Waals surface area contributed by atoms with E-state index in [0.29, 0.717) is 0 Å². The summed E-state index contributed by atoms with van der Waals surface area (Å²) < 4.78 is 65.8. The van der Waals surface area contributed by atoms with Gasteiger partial charge in [0.15, 0.2) is 29.1 Å². The molecule has 0 aliphatic heterocycles. The molecule has 0 heterocycles. The first kappa shape index (κ1) is 15.2. The van der Waals surface area contributed by atoms with Gasteiger partial charge in [-0.05, 0) is 12.0 Å². The first-order chi connectivity index (χ1) is 9.93. The van der Waals surface area contributed by atoms with E-state index in [1.165, 1.54) is 0 Å². The highest BCUT2D eigenvalue weighted by Crippen LogP contribution is 2.24. The van der Waals surface area contributed by atoms with Crippen molar-refractivity contribution in [3.05, 3.63) is 70.5 Å². The van der Waals surface area contributed by atoms with E-state index in [0.717, 1.165) is 5.56 Å². The fraction of sp³-hybridized carbons (Fsp3) is 0.133. The lowest BCUT2D eigenvalue weighted by atomic mass is 10.0. The third-order valence-corrected chi connectivity index (χ3v) is 2.97. The molecule has 0 radical (unpaired) electrons. The summed E-state index contributed by atoms with van der Waals surface area (Å²) in [5.41, 5.74) is -0.669. The number of hydrogen-bond acceptors (Lipinski definition) is 1. The number of ketones is 1. The van der Waals surface area contributed by atoms with Gasteiger partial charge in [-0.2, -0.15) is 0 Å². The predicted octanol–water partition coefficient (Wildman–Crippen LogP) is 4.20. The molecular weight excluding hydrogens is 291 g/mol. The molecule has 0 spiro atoms. The highest BCUT2D eigenvalue weighted by Gasteiger charge is 2.29. The van der Waals surface area contributed by atoms with E-state index < -0.39 is 40.4 Å². The van der Waals surface area contributed by atoms with Crippen LogP contribution >= 0.6 is 0 Å². The Labute approximate surface area is 117 Å². The highest BCUT2D eigenvalue weighted by molar-refractivity contribution is 5.96. The van der Waals surface area contributed by atoms with E-state index in [4.69, 9.17) is 0 Å². The van der Waals surface area contributed by atoms with Crippen molar-refractivity contribution in [3.8, 4) is 0 Å². The van der Waals surface area contributed by atoms with Gasteiger partial charge in [-0.1, -0.05) is 30.3 Å². The summed E-state index contributed by atoms with van der Waals surface area (Å²) in [5.74, 6) is -11.8. The molecule has 0 aliphatic rings. The molecule has 0 saturated carbocycles. The Kier molecular flexibility index (Phi) is 4.35. The summed E-state index contributed by atoms with van der Waals surface area (Å²) in [7, 11) is 0. The second kappa shape index (κ2) is 6.03. The van der Waals surface area contributed by atoms with Gasteiger partial charge in [0.1, 0.15) is 0 Å². The number of Topliss-reactive ketones (excluding diaryl/α,β-unsaturated/α-hetero) is 1. The highest BCUT2D eigenvalue weighted by atomic mass is 19.2. The van der Waals surface area contributed by atoms with E-state index in [9.17, 15) is 26.7 Å². The van der Waals surface area contributed by atoms with Crippen molar-refractivity contribution in [2.45, 2.75) is 12.8 Å². The molecule has 2 rings (SSSR count). The second-order valence-corrected chi connectivity index (χ2v) is 4.35. The third kappa shape index (κ3) is 2.94. The average Bonchev–Trinajstić information content (AvgIpc) is 2.50. The maximum atomic E-state index is 13.4. The molecule has 110 valence electrons. The quantitative estimate of drug-likeness (QED) is 0.358. The van der Waals surface area contributed by atoms with Crippen molar-refractivity contribution in [1.29, 1.82) is 0 Å². The van der Waals surface area contributed by atoms with Crippen LogP contribution in [-0.4, -0.2) is 5.78 Å². The fourth-order valence-electron chi connectivity index (χ4n) is 1.88. The second-order valence-electron chi connectivity index (χ2n) is 4.35. The Morgan fingerprint density at radius 1 is 0.762 bits per heavy atom. The third-order valence-electron chi connectivity index (χ3n) is 2.97. The first-order valence-corrected chi connectivity index (χ1v) is 6.02. The molecule has 0 saturated heterocycles. The van der Waals surface area contributed by atoms with Crippen LogP contribution in [0.15, 0.2) is 30.3 Å². The molecular formula is C15H9F5O. The molecule has 21 heavy (non-hydrogen) atoms. The summed E-state index contributed by atoms with van der Waals surface area (Å²) in [6.45, 7) is 0. The van der Waals surface area contributed by atoms with Gasteiger partial charge in [0.25, 0.3) is 0 Å². The van der Waals surface area contributed by atoms with Crippen LogP contribution < -0.4 is 0 Å². The molecule has 0 aliphatic carbocycles. The van der Waals surface area contributed by atoms with Gasteiger partial charge < -0.3 is 0 Å². The standard InChI is InChI=1S/C15H9F5O/c16-11-10(12(17)14(19)15(20)13(11)18)9(21)7-6-8-4-2-1-3-5-8/h1-5H,6-7H2. The topological polar surface area (TPSA) is 17.1 Å². The summed E-state index contributed by atoms with van der Waals surface area (Å²) >= 11 is 0. The number of hydrogen-bond donors (Lipinski definition) is 0. The molecule has 2 aromatic rings. The molecule has 1 nitrogen and oxygen atoms in total. The van der Waals surface area contributed by atoms with E-state index in [2.05, 4.69) is 0 Å². The van der Waals surface area contributed by atoms with E-state index in [1.807, 2.05) is 0 Å². The van der Waals surface area contributed by atoms with Crippen molar-refractivity contribution in [2.75, 3.05) is 0 Å². The normalized spacial score (nSPS) is 10.7. The van der Waals surface area contributed by atoms with Crippen LogP contribution in [0, 0.1) is 29.1 Å². The smallest absolute Gasteiger partial charge is 0.200 e. The Morgan fingerprint density at radius 2 is 1.24 bits per heavy atom. The van der Waals surface area contributed by atoms with Crippen LogP contribution in [0.3, 0.4) is 0 Å². The van der Waals surface area contributed by atoms with Crippen LogP contribution in [-0.2, 0) is 6.42 Å². The molecule has 2 aromatic carbocycles. The lowest BCUT2D eigenvalue weighted by Gasteiger charge is -2.07. The summed E-state index contributed by atoms with van der Waals surface area (Å²) in [5, 5.41) is 0. The largest absolute Gasteiger partial charge is 0.294 e. The van der Waals surface area contributed by atoms with Crippen molar-refractivity contribution >= 4 is 5.78 Å².